The molecule has 11 heteroatoms. The van der Waals surface area contributed by atoms with Gasteiger partial charge in [0.2, 0.25) is 5.91 Å². The summed E-state index contributed by atoms with van der Waals surface area (Å²) in [7, 11) is 0. The average Bonchev–Trinajstić information content (AvgIpc) is 3.19. The second-order valence-electron chi connectivity index (χ2n) is 6.62. The van der Waals surface area contributed by atoms with E-state index in [9.17, 15) is 19.2 Å². The molecule has 1 aromatic rings. The van der Waals surface area contributed by atoms with Crippen LogP contribution in [0.2, 0.25) is 0 Å². The summed E-state index contributed by atoms with van der Waals surface area (Å²) in [6, 6.07) is -0.587. The van der Waals surface area contributed by atoms with Crippen LogP contribution in [0.25, 0.3) is 0 Å². The van der Waals surface area contributed by atoms with Crippen molar-refractivity contribution in [3.63, 3.8) is 0 Å². The number of thioether (sulfide) groups is 1. The molecule has 2 N–H and O–H groups in total. The molecule has 0 radical (unpaired) electrons. The first kappa shape index (κ1) is 20.6. The summed E-state index contributed by atoms with van der Waals surface area (Å²) in [5.41, 5.74) is 2.11. The van der Waals surface area contributed by atoms with Gasteiger partial charge in [-0.1, -0.05) is 31.0 Å². The molecule has 9 nitrogen and oxygen atoms in total. The molecule has 2 heterocycles. The summed E-state index contributed by atoms with van der Waals surface area (Å²) in [5, 5.41) is 5.27. The number of rotatable bonds is 7. The zero-order valence-corrected chi connectivity index (χ0v) is 17.1. The maximum absolute atomic E-state index is 12.6. The Balaban J connectivity index is 1.49. The number of nitrogens with zero attached hydrogens (tertiary/aromatic N) is 2. The molecule has 1 aromatic heterocycles. The number of hydrazine groups is 1. The van der Waals surface area contributed by atoms with E-state index in [0.29, 0.717) is 29.5 Å². The number of aromatic nitrogens is 1. The summed E-state index contributed by atoms with van der Waals surface area (Å²) >= 11 is 2.49. The molecule has 152 valence electrons. The predicted octanol–water partition coefficient (Wildman–Crippen LogP) is 1.63. The molecular weight excluding hydrogens is 404 g/mol. The van der Waals surface area contributed by atoms with E-state index in [2.05, 4.69) is 15.7 Å². The molecule has 1 saturated carbocycles. The number of ether oxygens (including phenoxy) is 1. The summed E-state index contributed by atoms with van der Waals surface area (Å²) in [4.78, 5) is 52.7. The van der Waals surface area contributed by atoms with Crippen molar-refractivity contribution in [1.29, 1.82) is 0 Å². The lowest BCUT2D eigenvalue weighted by Crippen LogP contribution is -2.51. The number of nitrogens with one attached hydrogen (secondary N) is 2. The first-order valence-corrected chi connectivity index (χ1v) is 11.0. The molecule has 3 rings (SSSR count). The molecule has 2 aliphatic rings. The van der Waals surface area contributed by atoms with Crippen LogP contribution in [0.4, 0.5) is 4.79 Å². The van der Waals surface area contributed by atoms with E-state index in [1.807, 2.05) is 0 Å². The van der Waals surface area contributed by atoms with Gasteiger partial charge in [-0.2, -0.15) is 5.01 Å². The normalized spacial score (nSPS) is 18.2. The van der Waals surface area contributed by atoms with Gasteiger partial charge < -0.3 is 10.1 Å². The van der Waals surface area contributed by atoms with Crippen molar-refractivity contribution >= 4 is 46.9 Å². The molecule has 1 aliphatic carbocycles. The Labute approximate surface area is 170 Å². The first-order chi connectivity index (χ1) is 13.4. The van der Waals surface area contributed by atoms with E-state index < -0.39 is 17.5 Å². The summed E-state index contributed by atoms with van der Waals surface area (Å²) in [6.07, 6.45) is 4.08. The zero-order chi connectivity index (χ0) is 20.1. The fourth-order valence-corrected chi connectivity index (χ4v) is 4.93. The SMILES string of the molecule is CCOC(=O)Cc1csc(SCC(=O)NN2C(=O)NC3(CCCCC3)C2=O)n1. The van der Waals surface area contributed by atoms with Crippen molar-refractivity contribution in [3.8, 4) is 0 Å². The van der Waals surface area contributed by atoms with Crippen LogP contribution < -0.4 is 10.7 Å². The minimum atomic E-state index is -0.868. The van der Waals surface area contributed by atoms with Crippen LogP contribution in [-0.4, -0.2) is 51.7 Å². The number of amides is 4. The van der Waals surface area contributed by atoms with Gasteiger partial charge in [0.25, 0.3) is 5.91 Å². The van der Waals surface area contributed by atoms with Crippen LogP contribution in [0.3, 0.4) is 0 Å². The van der Waals surface area contributed by atoms with Crippen molar-refractivity contribution < 1.29 is 23.9 Å². The lowest BCUT2D eigenvalue weighted by molar-refractivity contribution is -0.142. The highest BCUT2D eigenvalue weighted by molar-refractivity contribution is 8.01. The summed E-state index contributed by atoms with van der Waals surface area (Å²) < 4.78 is 5.50. The molecule has 2 fully saturated rings. The topological polar surface area (TPSA) is 118 Å². The Kier molecular flexibility index (Phi) is 6.55. The Morgan fingerprint density at radius 3 is 2.82 bits per heavy atom. The van der Waals surface area contributed by atoms with Crippen molar-refractivity contribution in [2.24, 2.45) is 0 Å². The van der Waals surface area contributed by atoms with Gasteiger partial charge in [0.15, 0.2) is 4.34 Å². The minimum absolute atomic E-state index is 0.00355. The number of esters is 1. The van der Waals surface area contributed by atoms with E-state index in [4.69, 9.17) is 4.74 Å². The van der Waals surface area contributed by atoms with Gasteiger partial charge in [-0.3, -0.25) is 19.8 Å². The van der Waals surface area contributed by atoms with Crippen molar-refractivity contribution in [2.45, 2.75) is 55.3 Å². The van der Waals surface area contributed by atoms with Crippen LogP contribution in [0.5, 0.6) is 0 Å². The van der Waals surface area contributed by atoms with Crippen LogP contribution >= 0.6 is 23.1 Å². The molecule has 28 heavy (non-hydrogen) atoms. The van der Waals surface area contributed by atoms with E-state index >= 15 is 0 Å². The highest BCUT2D eigenvalue weighted by Gasteiger charge is 2.52. The van der Waals surface area contributed by atoms with Gasteiger partial charge in [0.1, 0.15) is 5.54 Å². The third-order valence-electron chi connectivity index (χ3n) is 4.59. The van der Waals surface area contributed by atoms with Gasteiger partial charge in [-0.15, -0.1) is 11.3 Å². The van der Waals surface area contributed by atoms with Gasteiger partial charge in [-0.05, 0) is 19.8 Å². The summed E-state index contributed by atoms with van der Waals surface area (Å²) in [6.45, 7) is 2.05. The Bertz CT molecular complexity index is 775. The number of carbonyl (C=O) groups excluding carboxylic acids is 4. The average molecular weight is 427 g/mol. The lowest BCUT2D eigenvalue weighted by atomic mass is 9.82. The maximum atomic E-state index is 12.6. The second kappa shape index (κ2) is 8.91. The van der Waals surface area contributed by atoms with Crippen molar-refractivity contribution in [1.82, 2.24) is 20.7 Å². The van der Waals surface area contributed by atoms with Crippen molar-refractivity contribution in [3.05, 3.63) is 11.1 Å². The molecule has 1 saturated heterocycles. The van der Waals surface area contributed by atoms with Gasteiger partial charge >= 0.3 is 12.0 Å². The first-order valence-electron chi connectivity index (χ1n) is 9.12. The third-order valence-corrected chi connectivity index (χ3v) is 6.66. The number of hydrogen-bond acceptors (Lipinski definition) is 8. The fraction of sp³-hybridized carbons (Fsp3) is 0.588. The van der Waals surface area contributed by atoms with E-state index in [-0.39, 0.29) is 24.1 Å². The smallest absolute Gasteiger partial charge is 0.344 e. The van der Waals surface area contributed by atoms with Crippen LogP contribution in [0.15, 0.2) is 9.72 Å². The predicted molar refractivity (Wildman–Crippen MR) is 103 cm³/mol. The minimum Gasteiger partial charge on any atom is -0.466 e. The Hall–Kier alpha value is -2.14. The zero-order valence-electron chi connectivity index (χ0n) is 15.5. The van der Waals surface area contributed by atoms with E-state index in [1.54, 1.807) is 12.3 Å². The number of hydrogen-bond donors (Lipinski definition) is 2. The standard InChI is InChI=1S/C17H22N4O5S2/c1-2-26-13(23)8-11-9-27-16(18-11)28-10-12(22)20-21-14(24)17(19-15(21)25)6-4-3-5-7-17/h9H,2-8,10H2,1H3,(H,19,25)(H,20,22). The van der Waals surface area contributed by atoms with Crippen LogP contribution in [0, 0.1) is 0 Å². The van der Waals surface area contributed by atoms with Crippen LogP contribution in [0.1, 0.15) is 44.7 Å². The van der Waals surface area contributed by atoms with E-state index in [1.165, 1.54) is 23.1 Å². The second-order valence-corrected chi connectivity index (χ2v) is 8.70. The maximum Gasteiger partial charge on any atom is 0.344 e. The third kappa shape index (κ3) is 4.64. The van der Waals surface area contributed by atoms with Gasteiger partial charge in [0, 0.05) is 5.38 Å². The lowest BCUT2D eigenvalue weighted by Gasteiger charge is -2.30. The molecule has 0 unspecified atom stereocenters. The molecule has 1 spiro atoms. The molecule has 1 aliphatic heterocycles. The summed E-state index contributed by atoms with van der Waals surface area (Å²) in [5.74, 6) is -1.21. The fourth-order valence-electron chi connectivity index (χ4n) is 3.30. The highest BCUT2D eigenvalue weighted by atomic mass is 32.2. The van der Waals surface area contributed by atoms with Gasteiger partial charge in [-0.25, -0.2) is 9.78 Å². The highest BCUT2D eigenvalue weighted by Crippen LogP contribution is 2.33. The van der Waals surface area contributed by atoms with E-state index in [0.717, 1.165) is 24.3 Å². The number of carbonyl (C=O) groups is 4. The molecule has 4 amide bonds. The quantitative estimate of drug-likeness (QED) is 0.386. The van der Waals surface area contributed by atoms with Gasteiger partial charge in [0.05, 0.1) is 24.5 Å². The molecule has 0 bridgehead atoms. The van der Waals surface area contributed by atoms with Crippen LogP contribution in [-0.2, 0) is 25.5 Å². The Morgan fingerprint density at radius 2 is 2.11 bits per heavy atom. The molecule has 0 aromatic carbocycles. The molecular formula is C17H22N4O5S2. The number of thiazole rings is 1. The number of imide groups is 1. The Morgan fingerprint density at radius 1 is 1.36 bits per heavy atom. The largest absolute Gasteiger partial charge is 0.466 e. The molecule has 0 atom stereocenters. The van der Waals surface area contributed by atoms with Crippen molar-refractivity contribution in [2.75, 3.05) is 12.4 Å². The monoisotopic (exact) mass is 426 g/mol. The number of urea groups is 1.